The van der Waals surface area contributed by atoms with Crippen LogP contribution in [-0.2, 0) is 12.5 Å². The number of nitrogens with zero attached hydrogens (tertiary/aromatic N) is 4. The normalized spacial score (nSPS) is 16.5. The van der Waals surface area contributed by atoms with Crippen LogP contribution in [0.2, 0.25) is 0 Å². The van der Waals surface area contributed by atoms with E-state index in [1.807, 2.05) is 19.2 Å². The molecule has 45 heavy (non-hydrogen) atoms. The van der Waals surface area contributed by atoms with Crippen LogP contribution in [0.5, 0.6) is 0 Å². The summed E-state index contributed by atoms with van der Waals surface area (Å²) in [5.41, 5.74) is 15.0. The topological polar surface area (TPSA) is 25.5 Å². The van der Waals surface area contributed by atoms with Crippen LogP contribution in [0.25, 0.3) is 27.9 Å². The zero-order chi connectivity index (χ0) is 31.9. The van der Waals surface area contributed by atoms with Crippen molar-refractivity contribution in [2.45, 2.75) is 40.0 Å². The van der Waals surface area contributed by atoms with Gasteiger partial charge in [-0.2, -0.15) is 0 Å². The van der Waals surface area contributed by atoms with Gasteiger partial charge in [-0.25, -0.2) is 0 Å². The maximum absolute atomic E-state index is 4.69. The van der Waals surface area contributed by atoms with E-state index < -0.39 is 0 Å². The molecule has 0 aliphatic heterocycles. The summed E-state index contributed by atoms with van der Waals surface area (Å²) in [5.74, 6) is 0. The van der Waals surface area contributed by atoms with Gasteiger partial charge < -0.3 is 9.47 Å². The summed E-state index contributed by atoms with van der Waals surface area (Å²) < 4.78 is 4.40. The van der Waals surface area contributed by atoms with Gasteiger partial charge in [0.05, 0.1) is 11.0 Å². The van der Waals surface area contributed by atoms with Crippen LogP contribution >= 0.6 is 0 Å². The second-order valence-corrected chi connectivity index (χ2v) is 12.2. The second-order valence-electron chi connectivity index (χ2n) is 12.2. The lowest BCUT2D eigenvalue weighted by atomic mass is 9.82. The minimum Gasteiger partial charge on any atom is -0.313 e. The number of hydrogen-bond acceptors (Lipinski definition) is 2. The molecule has 1 heterocycles. The van der Waals surface area contributed by atoms with Gasteiger partial charge >= 0.3 is 0 Å². The summed E-state index contributed by atoms with van der Waals surface area (Å²) in [4.78, 5) is 7.07. The van der Waals surface area contributed by atoms with Crippen molar-refractivity contribution < 1.29 is 0 Å². The Morgan fingerprint density at radius 2 is 1.51 bits per heavy atom. The fraction of sp³-hybridized carbons (Fsp3) is 0.195. The molecule has 4 nitrogen and oxygen atoms in total. The van der Waals surface area contributed by atoms with Crippen molar-refractivity contribution in [3.05, 3.63) is 150 Å². The number of aryl methyl sites for hydroxylation is 1. The summed E-state index contributed by atoms with van der Waals surface area (Å²) in [6.45, 7) is 15.0. The van der Waals surface area contributed by atoms with Crippen molar-refractivity contribution in [2.24, 2.45) is 12.0 Å². The van der Waals surface area contributed by atoms with Gasteiger partial charge in [-0.05, 0) is 109 Å². The van der Waals surface area contributed by atoms with Crippen LogP contribution in [0.3, 0.4) is 0 Å². The van der Waals surface area contributed by atoms with E-state index in [1.165, 1.54) is 33.4 Å². The number of allylic oxidation sites excluding steroid dienone is 7. The fourth-order valence-corrected chi connectivity index (χ4v) is 6.91. The molecule has 4 heteroatoms. The molecule has 226 valence electrons. The summed E-state index contributed by atoms with van der Waals surface area (Å²) in [7, 11) is 3.94. The van der Waals surface area contributed by atoms with E-state index in [0.717, 1.165) is 39.4 Å². The monoisotopic (exact) mass is 590 g/mol. The van der Waals surface area contributed by atoms with Crippen LogP contribution in [0.15, 0.2) is 132 Å². The Morgan fingerprint density at radius 1 is 0.844 bits per heavy atom. The maximum Gasteiger partial charge on any atom is 0.210 e. The smallest absolute Gasteiger partial charge is 0.210 e. The molecule has 0 unspecified atom stereocenters. The average Bonchev–Trinajstić information content (AvgIpc) is 3.47. The molecule has 5 aromatic rings. The highest BCUT2D eigenvalue weighted by Crippen LogP contribution is 2.51. The molecule has 0 saturated heterocycles. The maximum atomic E-state index is 4.69. The first kappa shape index (κ1) is 30.0. The molecule has 0 N–H and O–H groups in total. The quantitative estimate of drug-likeness (QED) is 0.193. The van der Waals surface area contributed by atoms with E-state index in [9.17, 15) is 0 Å². The van der Waals surface area contributed by atoms with Gasteiger partial charge in [-0.3, -0.25) is 9.56 Å². The molecule has 0 radical (unpaired) electrons. The molecule has 0 bridgehead atoms. The third-order valence-electron chi connectivity index (χ3n) is 9.31. The van der Waals surface area contributed by atoms with Gasteiger partial charge in [0.1, 0.15) is 0 Å². The third-order valence-corrected chi connectivity index (χ3v) is 9.31. The first-order valence-electron chi connectivity index (χ1n) is 15.6. The molecule has 0 spiro atoms. The molecular formula is C41H42N4. The van der Waals surface area contributed by atoms with E-state index >= 15 is 0 Å². The number of hydrogen-bond donors (Lipinski definition) is 0. The first-order valence-corrected chi connectivity index (χ1v) is 15.6. The molecule has 0 amide bonds. The molecule has 0 fully saturated rings. The van der Waals surface area contributed by atoms with Crippen molar-refractivity contribution in [3.8, 4) is 5.69 Å². The molecule has 4 aromatic carbocycles. The van der Waals surface area contributed by atoms with Crippen molar-refractivity contribution in [1.82, 2.24) is 9.13 Å². The lowest BCUT2D eigenvalue weighted by molar-refractivity contribution is 0.659. The number of fused-ring (bicyclic) bond motifs is 2. The van der Waals surface area contributed by atoms with Gasteiger partial charge in [0.15, 0.2) is 0 Å². The Hall–Kier alpha value is -5.09. The molecular weight excluding hydrogens is 548 g/mol. The Morgan fingerprint density at radius 3 is 2.16 bits per heavy atom. The number of imidazole rings is 1. The van der Waals surface area contributed by atoms with Crippen LogP contribution in [0, 0.1) is 0 Å². The second kappa shape index (κ2) is 11.8. The SMILES string of the molecule is C=C/C=C1\C(=C/C)C(C)(C)c2cc(N(c3ccc(/C(C)=C/C)cc3)c3ccc4c(c3)n(-c3ccccc3)c(=NC)n4C)ccc21. The zero-order valence-electron chi connectivity index (χ0n) is 27.5. The standard InChI is InChI=1S/C41H42N4/c1-9-15-34-35-24-22-32(26-37(35)41(5,6)36(34)11-3)44(31-20-18-29(19-21-31)28(4)10-2)33-23-25-38-39(27-33)45(40(42-7)43(38)8)30-16-13-12-14-17-30/h9-27H,1H2,2-8H3/b28-10+,34-15-,36-11+,42-40?. The largest absolute Gasteiger partial charge is 0.313 e. The number of benzene rings is 4. The average molecular weight is 591 g/mol. The highest BCUT2D eigenvalue weighted by molar-refractivity contribution is 5.93. The van der Waals surface area contributed by atoms with Crippen LogP contribution in [0.4, 0.5) is 17.1 Å². The molecule has 6 rings (SSSR count). The Kier molecular flexibility index (Phi) is 7.84. The first-order chi connectivity index (χ1) is 21.7. The molecule has 1 aliphatic carbocycles. The Labute approximate surface area is 267 Å². The molecule has 0 atom stereocenters. The fourth-order valence-electron chi connectivity index (χ4n) is 6.91. The highest BCUT2D eigenvalue weighted by Gasteiger charge is 2.38. The number of aromatic nitrogens is 2. The van der Waals surface area contributed by atoms with Crippen molar-refractivity contribution in [1.29, 1.82) is 0 Å². The molecule has 1 aliphatic rings. The van der Waals surface area contributed by atoms with Gasteiger partial charge in [0.25, 0.3) is 0 Å². The summed E-state index contributed by atoms with van der Waals surface area (Å²) in [6, 6.07) is 33.0. The summed E-state index contributed by atoms with van der Waals surface area (Å²) in [6.07, 6.45) is 8.44. The number of para-hydroxylation sites is 1. The van der Waals surface area contributed by atoms with E-state index in [2.05, 4.69) is 165 Å². The van der Waals surface area contributed by atoms with Crippen molar-refractivity contribution >= 4 is 39.2 Å². The van der Waals surface area contributed by atoms with E-state index in [4.69, 9.17) is 4.99 Å². The Bertz CT molecular complexity index is 2080. The third kappa shape index (κ3) is 4.91. The summed E-state index contributed by atoms with van der Waals surface area (Å²) in [5, 5.41) is 0. The van der Waals surface area contributed by atoms with E-state index in [1.54, 1.807) is 0 Å². The lowest BCUT2D eigenvalue weighted by Crippen LogP contribution is -2.22. The highest BCUT2D eigenvalue weighted by atomic mass is 15.2. The Balaban J connectivity index is 1.61. The van der Waals surface area contributed by atoms with E-state index in [0.29, 0.717) is 0 Å². The predicted molar refractivity (Wildman–Crippen MR) is 193 cm³/mol. The molecule has 1 aromatic heterocycles. The van der Waals surface area contributed by atoms with Crippen molar-refractivity contribution in [2.75, 3.05) is 11.9 Å². The summed E-state index contributed by atoms with van der Waals surface area (Å²) >= 11 is 0. The minimum absolute atomic E-state index is 0.134. The zero-order valence-corrected chi connectivity index (χ0v) is 27.5. The van der Waals surface area contributed by atoms with Crippen LogP contribution in [0.1, 0.15) is 51.3 Å². The number of rotatable bonds is 6. The van der Waals surface area contributed by atoms with Crippen LogP contribution < -0.4 is 10.5 Å². The van der Waals surface area contributed by atoms with Crippen LogP contribution in [-0.4, -0.2) is 16.2 Å². The lowest BCUT2D eigenvalue weighted by Gasteiger charge is -2.28. The van der Waals surface area contributed by atoms with Gasteiger partial charge in [0, 0.05) is 42.3 Å². The van der Waals surface area contributed by atoms with E-state index in [-0.39, 0.29) is 5.41 Å². The van der Waals surface area contributed by atoms with Gasteiger partial charge in [-0.15, -0.1) is 0 Å². The van der Waals surface area contributed by atoms with Gasteiger partial charge in [-0.1, -0.05) is 81.1 Å². The van der Waals surface area contributed by atoms with Crippen molar-refractivity contribution in [3.63, 3.8) is 0 Å². The van der Waals surface area contributed by atoms with Gasteiger partial charge in [0.2, 0.25) is 5.62 Å². The predicted octanol–water partition coefficient (Wildman–Crippen LogP) is 10.2. The number of anilines is 3. The molecule has 0 saturated carbocycles. The minimum atomic E-state index is -0.134.